The number of rotatable bonds is 2. The first-order valence-corrected chi connectivity index (χ1v) is 7.40. The van der Waals surface area contributed by atoms with Crippen LogP contribution in [-0.4, -0.2) is 15.0 Å². The monoisotopic (exact) mass is 277 g/mol. The zero-order valence-electron chi connectivity index (χ0n) is 10.1. The van der Waals surface area contributed by atoms with Crippen molar-refractivity contribution in [2.24, 2.45) is 0 Å². The number of nitrogens with zero attached hydrogens (tertiary/aromatic N) is 1. The molecular weight excluding hydrogens is 265 g/mol. The van der Waals surface area contributed by atoms with Gasteiger partial charge in [0.1, 0.15) is 10.7 Å². The van der Waals surface area contributed by atoms with E-state index in [9.17, 15) is 12.8 Å². The molecule has 2 aromatic carbocycles. The van der Waals surface area contributed by atoms with Gasteiger partial charge in [-0.1, -0.05) is 30.3 Å². The van der Waals surface area contributed by atoms with E-state index in [2.05, 4.69) is 0 Å². The predicted octanol–water partition coefficient (Wildman–Crippen LogP) is 2.58. The van der Waals surface area contributed by atoms with Gasteiger partial charge in [0, 0.05) is 6.54 Å². The van der Waals surface area contributed by atoms with E-state index in [-0.39, 0.29) is 4.90 Å². The van der Waals surface area contributed by atoms with Gasteiger partial charge in [-0.15, -0.1) is 0 Å². The third-order valence-corrected chi connectivity index (χ3v) is 5.10. The highest BCUT2D eigenvalue weighted by Crippen LogP contribution is 2.33. The lowest BCUT2D eigenvalue weighted by Crippen LogP contribution is -2.29. The number of hydrogen-bond donors (Lipinski definition) is 0. The lowest BCUT2D eigenvalue weighted by atomic mass is 10.2. The first-order valence-electron chi connectivity index (χ1n) is 5.96. The SMILES string of the molecule is O=S(=O)(c1ccccc1F)N1CCc2ccccc21. The Hall–Kier alpha value is -1.88. The van der Waals surface area contributed by atoms with Crippen LogP contribution >= 0.6 is 0 Å². The van der Waals surface area contributed by atoms with E-state index in [1.165, 1.54) is 22.5 Å². The van der Waals surface area contributed by atoms with Crippen molar-refractivity contribution < 1.29 is 12.8 Å². The highest BCUT2D eigenvalue weighted by Gasteiger charge is 2.32. The number of benzene rings is 2. The maximum absolute atomic E-state index is 13.7. The summed E-state index contributed by atoms with van der Waals surface area (Å²) < 4.78 is 40.0. The molecule has 19 heavy (non-hydrogen) atoms. The van der Waals surface area contributed by atoms with Crippen molar-refractivity contribution in [1.82, 2.24) is 0 Å². The summed E-state index contributed by atoms with van der Waals surface area (Å²) in [5.41, 5.74) is 1.62. The molecule has 0 bridgehead atoms. The fourth-order valence-corrected chi connectivity index (χ4v) is 3.90. The van der Waals surface area contributed by atoms with Crippen molar-refractivity contribution in [2.45, 2.75) is 11.3 Å². The largest absolute Gasteiger partial charge is 0.267 e. The van der Waals surface area contributed by atoms with Crippen LogP contribution in [0.25, 0.3) is 0 Å². The minimum atomic E-state index is -3.82. The van der Waals surface area contributed by atoms with Gasteiger partial charge in [-0.05, 0) is 30.2 Å². The molecule has 0 atom stereocenters. The van der Waals surface area contributed by atoms with Crippen molar-refractivity contribution >= 4 is 15.7 Å². The van der Waals surface area contributed by atoms with Crippen molar-refractivity contribution in [1.29, 1.82) is 0 Å². The second-order valence-corrected chi connectivity index (χ2v) is 6.22. The van der Waals surface area contributed by atoms with Gasteiger partial charge in [0.2, 0.25) is 0 Å². The van der Waals surface area contributed by atoms with Gasteiger partial charge in [-0.3, -0.25) is 4.31 Å². The van der Waals surface area contributed by atoms with Crippen LogP contribution in [0, 0.1) is 5.82 Å². The summed E-state index contributed by atoms with van der Waals surface area (Å²) in [6.45, 7) is 0.357. The molecule has 0 aliphatic carbocycles. The lowest BCUT2D eigenvalue weighted by molar-refractivity contribution is 0.564. The molecule has 1 aliphatic heterocycles. The van der Waals surface area contributed by atoms with Gasteiger partial charge in [0.25, 0.3) is 10.0 Å². The molecule has 0 N–H and O–H groups in total. The van der Waals surface area contributed by atoms with Gasteiger partial charge in [0.05, 0.1) is 5.69 Å². The second-order valence-electron chi connectivity index (χ2n) is 4.39. The Morgan fingerprint density at radius 2 is 1.68 bits per heavy atom. The maximum atomic E-state index is 13.7. The van der Waals surface area contributed by atoms with Crippen LogP contribution in [0.4, 0.5) is 10.1 Å². The molecule has 0 unspecified atom stereocenters. The van der Waals surface area contributed by atoms with Crippen LogP contribution in [0.1, 0.15) is 5.56 Å². The average Bonchev–Trinajstić information content (AvgIpc) is 2.83. The standard InChI is InChI=1S/C14H12FNO2S/c15-12-6-2-4-8-14(12)19(17,18)16-10-9-11-5-1-3-7-13(11)16/h1-8H,9-10H2. The highest BCUT2D eigenvalue weighted by atomic mass is 32.2. The Bertz CT molecular complexity index is 728. The van der Waals surface area contributed by atoms with E-state index in [0.717, 1.165) is 11.6 Å². The Kier molecular flexibility index (Phi) is 2.78. The van der Waals surface area contributed by atoms with Crippen molar-refractivity contribution in [3.05, 3.63) is 59.9 Å². The Morgan fingerprint density at radius 3 is 2.47 bits per heavy atom. The Labute approximate surface area is 111 Å². The van der Waals surface area contributed by atoms with Gasteiger partial charge in [-0.2, -0.15) is 0 Å². The Morgan fingerprint density at radius 1 is 1.00 bits per heavy atom. The van der Waals surface area contributed by atoms with Crippen LogP contribution in [-0.2, 0) is 16.4 Å². The van der Waals surface area contributed by atoms with Crippen molar-refractivity contribution in [2.75, 3.05) is 10.8 Å². The molecule has 0 aromatic heterocycles. The van der Waals surface area contributed by atoms with Crippen molar-refractivity contribution in [3.8, 4) is 0 Å². The van der Waals surface area contributed by atoms with Gasteiger partial charge >= 0.3 is 0 Å². The van der Waals surface area contributed by atoms with E-state index < -0.39 is 15.8 Å². The second kappa shape index (κ2) is 4.35. The van der Waals surface area contributed by atoms with Crippen LogP contribution in [0.3, 0.4) is 0 Å². The van der Waals surface area contributed by atoms with Crippen LogP contribution < -0.4 is 4.31 Å². The molecule has 98 valence electrons. The van der Waals surface area contributed by atoms with E-state index in [0.29, 0.717) is 18.7 Å². The molecule has 0 radical (unpaired) electrons. The third-order valence-electron chi connectivity index (χ3n) is 3.25. The number of halogens is 1. The summed E-state index contributed by atoms with van der Waals surface area (Å²) in [4.78, 5) is -0.272. The van der Waals surface area contributed by atoms with Gasteiger partial charge < -0.3 is 0 Å². The molecule has 0 saturated carbocycles. The summed E-state index contributed by atoms with van der Waals surface area (Å²) in [7, 11) is -3.82. The minimum Gasteiger partial charge on any atom is -0.266 e. The lowest BCUT2D eigenvalue weighted by Gasteiger charge is -2.19. The summed E-state index contributed by atoms with van der Waals surface area (Å²) in [6, 6.07) is 12.8. The molecule has 0 amide bonds. The normalized spacial score (nSPS) is 14.5. The molecule has 0 saturated heterocycles. The van der Waals surface area contributed by atoms with E-state index >= 15 is 0 Å². The minimum absolute atomic E-state index is 0.272. The zero-order valence-corrected chi connectivity index (χ0v) is 10.9. The molecule has 1 aliphatic rings. The fourth-order valence-electron chi connectivity index (χ4n) is 2.33. The number of hydrogen-bond acceptors (Lipinski definition) is 2. The smallest absolute Gasteiger partial charge is 0.266 e. The zero-order chi connectivity index (χ0) is 13.5. The summed E-state index contributed by atoms with van der Waals surface area (Å²) >= 11 is 0. The molecule has 0 spiro atoms. The number of anilines is 1. The van der Waals surface area contributed by atoms with Crippen LogP contribution in [0.2, 0.25) is 0 Å². The topological polar surface area (TPSA) is 37.4 Å². The fraction of sp³-hybridized carbons (Fsp3) is 0.143. The molecule has 2 aromatic rings. The molecule has 3 rings (SSSR count). The summed E-state index contributed by atoms with van der Waals surface area (Å²) in [5.74, 6) is -0.716. The number of fused-ring (bicyclic) bond motifs is 1. The maximum Gasteiger partial charge on any atom is 0.267 e. The number of sulfonamides is 1. The molecule has 0 fully saturated rings. The summed E-state index contributed by atoms with van der Waals surface area (Å²) in [6.07, 6.45) is 0.657. The molecule has 5 heteroatoms. The van der Waals surface area contributed by atoms with Crippen molar-refractivity contribution in [3.63, 3.8) is 0 Å². The van der Waals surface area contributed by atoms with E-state index in [1.807, 2.05) is 12.1 Å². The first-order chi connectivity index (χ1) is 9.10. The van der Waals surface area contributed by atoms with Gasteiger partial charge in [-0.25, -0.2) is 12.8 Å². The highest BCUT2D eigenvalue weighted by molar-refractivity contribution is 7.92. The van der Waals surface area contributed by atoms with Crippen LogP contribution in [0.15, 0.2) is 53.4 Å². The van der Waals surface area contributed by atoms with E-state index in [4.69, 9.17) is 0 Å². The number of para-hydroxylation sites is 1. The van der Waals surface area contributed by atoms with Crippen LogP contribution in [0.5, 0.6) is 0 Å². The summed E-state index contributed by atoms with van der Waals surface area (Å²) in [5, 5.41) is 0. The molecule has 3 nitrogen and oxygen atoms in total. The first kappa shape index (κ1) is 12.2. The van der Waals surface area contributed by atoms with E-state index in [1.54, 1.807) is 12.1 Å². The third kappa shape index (κ3) is 1.90. The molecular formula is C14H12FNO2S. The molecule has 1 heterocycles. The average molecular weight is 277 g/mol. The quantitative estimate of drug-likeness (QED) is 0.846. The Balaban J connectivity index is 2.11. The van der Waals surface area contributed by atoms with Gasteiger partial charge in [0.15, 0.2) is 0 Å². The predicted molar refractivity (Wildman–Crippen MR) is 71.1 cm³/mol.